The molecule has 0 fully saturated rings. The van der Waals surface area contributed by atoms with Crippen LogP contribution in [0.15, 0.2) is 12.3 Å². The van der Waals surface area contributed by atoms with Crippen LogP contribution in [0.1, 0.15) is 30.8 Å². The van der Waals surface area contributed by atoms with Crippen LogP contribution < -0.4 is 0 Å². The lowest BCUT2D eigenvalue weighted by Gasteiger charge is -2.07. The summed E-state index contributed by atoms with van der Waals surface area (Å²) in [4.78, 5) is 21.1. The van der Waals surface area contributed by atoms with Gasteiger partial charge in [0.1, 0.15) is 5.69 Å². The summed E-state index contributed by atoms with van der Waals surface area (Å²) in [6.45, 7) is 4.64. The molecule has 1 aromatic heterocycles. The van der Waals surface area contributed by atoms with Gasteiger partial charge in [-0.2, -0.15) is 0 Å². The molecule has 0 radical (unpaired) electrons. The summed E-state index contributed by atoms with van der Waals surface area (Å²) >= 11 is 5.36. The van der Waals surface area contributed by atoms with Crippen molar-refractivity contribution < 1.29 is 9.72 Å². The fourth-order valence-electron chi connectivity index (χ4n) is 1.34. The zero-order valence-electron chi connectivity index (χ0n) is 9.14. The van der Waals surface area contributed by atoms with Crippen molar-refractivity contribution in [2.24, 2.45) is 5.92 Å². The molecule has 1 rings (SSSR count). The van der Waals surface area contributed by atoms with Crippen molar-refractivity contribution in [3.8, 4) is 0 Å². The van der Waals surface area contributed by atoms with Crippen molar-refractivity contribution in [1.29, 1.82) is 0 Å². The van der Waals surface area contributed by atoms with Gasteiger partial charge in [-0.05, 0) is 23.9 Å². The average Bonchev–Trinajstić information content (AvgIpc) is 2.58. The zero-order chi connectivity index (χ0) is 12.3. The lowest BCUT2D eigenvalue weighted by molar-refractivity contribution is -0.384. The molecule has 88 valence electrons. The third kappa shape index (κ3) is 3.06. The Kier molecular flexibility index (Phi) is 4.06. The molecule has 0 amide bonds. The van der Waals surface area contributed by atoms with E-state index in [-0.39, 0.29) is 11.4 Å². The van der Waals surface area contributed by atoms with E-state index in [0.717, 1.165) is 6.42 Å². The van der Waals surface area contributed by atoms with E-state index in [0.29, 0.717) is 12.5 Å². The van der Waals surface area contributed by atoms with Crippen molar-refractivity contribution in [3.63, 3.8) is 0 Å². The van der Waals surface area contributed by atoms with Crippen molar-refractivity contribution in [1.82, 2.24) is 4.57 Å². The highest BCUT2D eigenvalue weighted by Crippen LogP contribution is 2.19. The van der Waals surface area contributed by atoms with Crippen molar-refractivity contribution in [2.75, 3.05) is 0 Å². The summed E-state index contributed by atoms with van der Waals surface area (Å²) in [5.41, 5.74) is 0.0711. The first kappa shape index (κ1) is 12.7. The third-order valence-electron chi connectivity index (χ3n) is 2.24. The number of carbonyl (C=O) groups is 1. The summed E-state index contributed by atoms with van der Waals surface area (Å²) in [7, 11) is 0. The second-order valence-electron chi connectivity index (χ2n) is 3.99. The smallest absolute Gasteiger partial charge is 0.287 e. The Morgan fingerprint density at radius 1 is 1.62 bits per heavy atom. The minimum atomic E-state index is -0.670. The topological polar surface area (TPSA) is 65.1 Å². The largest absolute Gasteiger partial charge is 0.338 e. The van der Waals surface area contributed by atoms with Crippen molar-refractivity contribution in [3.05, 3.63) is 28.1 Å². The Morgan fingerprint density at radius 3 is 2.69 bits per heavy atom. The minimum Gasteiger partial charge on any atom is -0.338 e. The molecule has 0 atom stereocenters. The van der Waals surface area contributed by atoms with Crippen LogP contribution in [-0.4, -0.2) is 14.7 Å². The molecular formula is C10H13ClN2O3. The van der Waals surface area contributed by atoms with E-state index in [1.165, 1.54) is 16.8 Å². The van der Waals surface area contributed by atoms with Gasteiger partial charge in [0.05, 0.1) is 11.1 Å². The van der Waals surface area contributed by atoms with Crippen molar-refractivity contribution >= 4 is 22.5 Å². The molecule has 0 saturated heterocycles. The normalized spacial score (nSPS) is 10.8. The molecule has 0 aliphatic rings. The van der Waals surface area contributed by atoms with Gasteiger partial charge in [-0.25, -0.2) is 0 Å². The minimum absolute atomic E-state index is 0.104. The van der Waals surface area contributed by atoms with Gasteiger partial charge in [-0.15, -0.1) is 0 Å². The molecule has 0 aromatic carbocycles. The number of carbonyl (C=O) groups excluding carboxylic acids is 1. The molecule has 1 aromatic rings. The van der Waals surface area contributed by atoms with Crippen LogP contribution in [0, 0.1) is 16.0 Å². The molecule has 0 saturated carbocycles. The maximum Gasteiger partial charge on any atom is 0.287 e. The number of aryl methyl sites for hydroxylation is 1. The molecule has 6 heteroatoms. The standard InChI is InChI=1S/C10H13ClN2O3/c1-7(2)3-4-12-6-8(13(15)16)5-9(12)10(11)14/h5-7H,3-4H2,1-2H3. The van der Waals surface area contributed by atoms with E-state index in [9.17, 15) is 14.9 Å². The van der Waals surface area contributed by atoms with Gasteiger partial charge < -0.3 is 4.57 Å². The number of aromatic nitrogens is 1. The monoisotopic (exact) mass is 244 g/mol. The Labute approximate surface area is 98.2 Å². The highest BCUT2D eigenvalue weighted by Gasteiger charge is 2.17. The fourth-order valence-corrected chi connectivity index (χ4v) is 1.50. The number of hydrogen-bond acceptors (Lipinski definition) is 3. The van der Waals surface area contributed by atoms with Crippen molar-refractivity contribution in [2.45, 2.75) is 26.8 Å². The first-order valence-corrected chi connectivity index (χ1v) is 5.34. The number of hydrogen-bond donors (Lipinski definition) is 0. The zero-order valence-corrected chi connectivity index (χ0v) is 9.90. The van der Waals surface area contributed by atoms with E-state index in [4.69, 9.17) is 11.6 Å². The Hall–Kier alpha value is -1.36. The maximum atomic E-state index is 11.1. The molecule has 1 heterocycles. The predicted octanol–water partition coefficient (Wildman–Crippen LogP) is 2.82. The summed E-state index contributed by atoms with van der Waals surface area (Å²) in [6.07, 6.45) is 2.18. The summed E-state index contributed by atoms with van der Waals surface area (Å²) < 4.78 is 1.54. The quantitative estimate of drug-likeness (QED) is 0.454. The second-order valence-corrected chi connectivity index (χ2v) is 4.33. The van der Waals surface area contributed by atoms with E-state index < -0.39 is 10.2 Å². The Bertz CT molecular complexity index is 412. The number of halogens is 1. The molecule has 0 N–H and O–H groups in total. The summed E-state index contributed by atoms with van der Waals surface area (Å²) in [6, 6.07) is 1.20. The van der Waals surface area contributed by atoms with Gasteiger partial charge in [0.15, 0.2) is 0 Å². The molecule has 5 nitrogen and oxygen atoms in total. The van der Waals surface area contributed by atoms with Crippen LogP contribution in [0.2, 0.25) is 0 Å². The lowest BCUT2D eigenvalue weighted by atomic mass is 10.1. The maximum absolute atomic E-state index is 11.1. The first-order valence-electron chi connectivity index (χ1n) is 4.96. The van der Waals surface area contributed by atoms with Crippen LogP contribution in [-0.2, 0) is 6.54 Å². The number of rotatable bonds is 5. The van der Waals surface area contributed by atoms with Crippen LogP contribution in [0.3, 0.4) is 0 Å². The molecule has 0 unspecified atom stereocenters. The summed E-state index contributed by atoms with van der Waals surface area (Å²) in [5.74, 6) is 0.458. The Balaban J connectivity index is 2.96. The average molecular weight is 245 g/mol. The van der Waals surface area contributed by atoms with Gasteiger partial charge in [0, 0.05) is 12.6 Å². The van der Waals surface area contributed by atoms with Crippen LogP contribution in [0.4, 0.5) is 5.69 Å². The lowest BCUT2D eigenvalue weighted by Crippen LogP contribution is -2.06. The van der Waals surface area contributed by atoms with Gasteiger partial charge in [-0.3, -0.25) is 14.9 Å². The van der Waals surface area contributed by atoms with Gasteiger partial charge in [0.25, 0.3) is 10.9 Å². The van der Waals surface area contributed by atoms with Crippen LogP contribution in [0.5, 0.6) is 0 Å². The predicted molar refractivity (Wildman–Crippen MR) is 60.7 cm³/mol. The van der Waals surface area contributed by atoms with Crippen LogP contribution >= 0.6 is 11.6 Å². The Morgan fingerprint density at radius 2 is 2.25 bits per heavy atom. The van der Waals surface area contributed by atoms with Gasteiger partial charge in [-0.1, -0.05) is 13.8 Å². The van der Waals surface area contributed by atoms with E-state index in [1.54, 1.807) is 0 Å². The van der Waals surface area contributed by atoms with E-state index in [1.807, 2.05) is 13.8 Å². The number of nitrogens with zero attached hydrogens (tertiary/aromatic N) is 2. The number of nitro groups is 1. The molecule has 0 spiro atoms. The fraction of sp³-hybridized carbons (Fsp3) is 0.500. The SMILES string of the molecule is CC(C)CCn1cc([N+](=O)[O-])cc1C(=O)Cl. The second kappa shape index (κ2) is 5.12. The highest BCUT2D eigenvalue weighted by atomic mass is 35.5. The summed E-state index contributed by atoms with van der Waals surface area (Å²) in [5, 5.41) is 9.90. The molecule has 0 aliphatic carbocycles. The highest BCUT2D eigenvalue weighted by molar-refractivity contribution is 6.67. The van der Waals surface area contributed by atoms with Gasteiger partial charge in [0.2, 0.25) is 0 Å². The molecule has 0 aliphatic heterocycles. The van der Waals surface area contributed by atoms with Gasteiger partial charge >= 0.3 is 0 Å². The van der Waals surface area contributed by atoms with Crippen LogP contribution in [0.25, 0.3) is 0 Å². The first-order chi connectivity index (χ1) is 7.41. The van der Waals surface area contributed by atoms with E-state index in [2.05, 4.69) is 0 Å². The van der Waals surface area contributed by atoms with E-state index >= 15 is 0 Å². The molecular weight excluding hydrogens is 232 g/mol. The third-order valence-corrected chi connectivity index (χ3v) is 2.44. The molecule has 0 bridgehead atoms. The molecule has 16 heavy (non-hydrogen) atoms.